The second kappa shape index (κ2) is 5.43. The van der Waals surface area contributed by atoms with Crippen molar-refractivity contribution in [3.63, 3.8) is 0 Å². The van der Waals surface area contributed by atoms with Crippen molar-refractivity contribution in [3.05, 3.63) is 23.4 Å². The van der Waals surface area contributed by atoms with Gasteiger partial charge in [-0.25, -0.2) is 10.4 Å². The van der Waals surface area contributed by atoms with Crippen molar-refractivity contribution in [3.8, 4) is 0 Å². The molecule has 6 nitrogen and oxygen atoms in total. The average Bonchev–Trinajstić information content (AvgIpc) is 2.15. The largest absolute Gasteiger partial charge is 0.480 e. The smallest absolute Gasteiger partial charge is 0.321 e. The van der Waals surface area contributed by atoms with Gasteiger partial charge in [0.05, 0.1) is 12.2 Å². The zero-order valence-electron chi connectivity index (χ0n) is 9.32. The Kier molecular flexibility index (Phi) is 4.21. The number of anilines is 1. The van der Waals surface area contributed by atoms with Gasteiger partial charge in [-0.15, -0.1) is 0 Å². The summed E-state index contributed by atoms with van der Waals surface area (Å²) in [6.45, 7) is 3.89. The summed E-state index contributed by atoms with van der Waals surface area (Å²) in [7, 11) is 0. The lowest BCUT2D eigenvalue weighted by molar-refractivity contribution is -0.139. The molecule has 0 aliphatic rings. The Morgan fingerprint density at radius 2 is 2.31 bits per heavy atom. The van der Waals surface area contributed by atoms with Crippen LogP contribution in [0.2, 0.25) is 0 Å². The normalized spacial score (nSPS) is 12.4. The van der Waals surface area contributed by atoms with Crippen molar-refractivity contribution in [2.45, 2.75) is 26.4 Å². The second-order valence-corrected chi connectivity index (χ2v) is 3.62. The summed E-state index contributed by atoms with van der Waals surface area (Å²) >= 11 is 0. The van der Waals surface area contributed by atoms with E-state index in [0.717, 1.165) is 11.3 Å². The summed E-state index contributed by atoms with van der Waals surface area (Å²) in [5, 5.41) is 8.63. The SMILES string of the molecule is Cc1cc(N)nc(CNN[C@@H](C)C(=O)O)c1. The number of aromatic nitrogens is 1. The molecule has 0 saturated heterocycles. The Morgan fingerprint density at radius 3 is 2.88 bits per heavy atom. The Bertz CT molecular complexity index is 361. The van der Waals surface area contributed by atoms with E-state index in [0.29, 0.717) is 12.4 Å². The molecule has 6 heteroatoms. The highest BCUT2D eigenvalue weighted by molar-refractivity contribution is 5.72. The number of nitrogens with two attached hydrogens (primary N) is 1. The van der Waals surface area contributed by atoms with Gasteiger partial charge in [-0.3, -0.25) is 10.2 Å². The first-order valence-electron chi connectivity index (χ1n) is 4.93. The van der Waals surface area contributed by atoms with Gasteiger partial charge in [0, 0.05) is 0 Å². The molecular weight excluding hydrogens is 208 g/mol. The van der Waals surface area contributed by atoms with Crippen LogP contribution in [0.15, 0.2) is 12.1 Å². The monoisotopic (exact) mass is 224 g/mol. The molecule has 0 radical (unpaired) electrons. The molecule has 0 aliphatic carbocycles. The summed E-state index contributed by atoms with van der Waals surface area (Å²) in [6.07, 6.45) is 0. The number of carboxylic acids is 1. The van der Waals surface area contributed by atoms with Gasteiger partial charge in [-0.05, 0) is 31.5 Å². The number of carboxylic acid groups (broad SMARTS) is 1. The Balaban J connectivity index is 2.46. The van der Waals surface area contributed by atoms with Crippen LogP contribution in [0.25, 0.3) is 0 Å². The number of aliphatic carboxylic acids is 1. The second-order valence-electron chi connectivity index (χ2n) is 3.62. The minimum absolute atomic E-state index is 0.420. The van der Waals surface area contributed by atoms with Gasteiger partial charge < -0.3 is 10.8 Å². The lowest BCUT2D eigenvalue weighted by Crippen LogP contribution is -2.43. The molecule has 0 aromatic carbocycles. The number of aryl methyl sites for hydroxylation is 1. The van der Waals surface area contributed by atoms with E-state index in [1.165, 1.54) is 0 Å². The van der Waals surface area contributed by atoms with Crippen LogP contribution < -0.4 is 16.6 Å². The third-order valence-corrected chi connectivity index (χ3v) is 2.00. The number of hydrogen-bond acceptors (Lipinski definition) is 5. The molecule has 1 atom stereocenters. The van der Waals surface area contributed by atoms with E-state index < -0.39 is 12.0 Å². The highest BCUT2D eigenvalue weighted by Gasteiger charge is 2.08. The lowest BCUT2D eigenvalue weighted by Gasteiger charge is -2.10. The number of carbonyl (C=O) groups is 1. The van der Waals surface area contributed by atoms with Crippen molar-refractivity contribution in [1.29, 1.82) is 0 Å². The molecule has 5 N–H and O–H groups in total. The fraction of sp³-hybridized carbons (Fsp3) is 0.400. The summed E-state index contributed by atoms with van der Waals surface area (Å²) in [5.41, 5.74) is 12.8. The highest BCUT2D eigenvalue weighted by Crippen LogP contribution is 2.05. The van der Waals surface area contributed by atoms with E-state index >= 15 is 0 Å². The first kappa shape index (κ1) is 12.4. The van der Waals surface area contributed by atoms with Crippen molar-refractivity contribution >= 4 is 11.8 Å². The summed E-state index contributed by atoms with van der Waals surface area (Å²) in [5.74, 6) is -0.452. The molecule has 88 valence electrons. The van der Waals surface area contributed by atoms with Crippen LogP contribution in [0.1, 0.15) is 18.2 Å². The molecule has 1 rings (SSSR count). The zero-order chi connectivity index (χ0) is 12.1. The highest BCUT2D eigenvalue weighted by atomic mass is 16.4. The van der Waals surface area contributed by atoms with E-state index in [2.05, 4.69) is 15.8 Å². The molecule has 1 aromatic rings. The maximum absolute atomic E-state index is 10.5. The fourth-order valence-electron chi connectivity index (χ4n) is 1.22. The third-order valence-electron chi connectivity index (χ3n) is 2.00. The van der Waals surface area contributed by atoms with Gasteiger partial charge in [0.2, 0.25) is 0 Å². The summed E-state index contributed by atoms with van der Waals surface area (Å²) < 4.78 is 0. The molecular formula is C10H16N4O2. The van der Waals surface area contributed by atoms with Crippen LogP contribution in [-0.2, 0) is 11.3 Å². The van der Waals surface area contributed by atoms with Crippen molar-refractivity contribution in [1.82, 2.24) is 15.8 Å². The molecule has 0 spiro atoms. The van der Waals surface area contributed by atoms with Crippen molar-refractivity contribution in [2.75, 3.05) is 5.73 Å². The topological polar surface area (TPSA) is 100 Å². The van der Waals surface area contributed by atoms with Crippen LogP contribution >= 0.6 is 0 Å². The predicted octanol–water partition coefficient (Wildman–Crippen LogP) is 0.0395. The Hall–Kier alpha value is -1.66. The van der Waals surface area contributed by atoms with Crippen molar-refractivity contribution < 1.29 is 9.90 Å². The molecule has 0 unspecified atom stereocenters. The molecule has 1 aromatic heterocycles. The molecule has 1 heterocycles. The van der Waals surface area contributed by atoms with E-state index in [4.69, 9.17) is 10.8 Å². The zero-order valence-corrected chi connectivity index (χ0v) is 9.32. The molecule has 0 amide bonds. The number of hydrazine groups is 1. The predicted molar refractivity (Wildman–Crippen MR) is 60.5 cm³/mol. The fourth-order valence-corrected chi connectivity index (χ4v) is 1.22. The third kappa shape index (κ3) is 3.84. The van der Waals surface area contributed by atoms with E-state index in [9.17, 15) is 4.79 Å². The van der Waals surface area contributed by atoms with Crippen molar-refractivity contribution in [2.24, 2.45) is 0 Å². The van der Waals surface area contributed by atoms with Gasteiger partial charge in [0.25, 0.3) is 0 Å². The quantitative estimate of drug-likeness (QED) is 0.527. The molecule has 0 fully saturated rings. The maximum atomic E-state index is 10.5. The van der Waals surface area contributed by atoms with Gasteiger partial charge >= 0.3 is 5.97 Å². The van der Waals surface area contributed by atoms with Gasteiger partial charge in [0.1, 0.15) is 11.9 Å². The van der Waals surface area contributed by atoms with Gasteiger partial charge in [0.15, 0.2) is 0 Å². The molecule has 0 bridgehead atoms. The van der Waals surface area contributed by atoms with E-state index in [1.54, 1.807) is 13.0 Å². The Labute approximate surface area is 93.8 Å². The van der Waals surface area contributed by atoms with Crippen LogP contribution in [-0.4, -0.2) is 22.1 Å². The minimum atomic E-state index is -0.913. The molecule has 0 aliphatic heterocycles. The number of pyridine rings is 1. The lowest BCUT2D eigenvalue weighted by atomic mass is 10.2. The molecule has 0 saturated carbocycles. The van der Waals surface area contributed by atoms with E-state index in [-0.39, 0.29) is 0 Å². The van der Waals surface area contributed by atoms with E-state index in [1.807, 2.05) is 13.0 Å². The summed E-state index contributed by atoms with van der Waals surface area (Å²) in [4.78, 5) is 14.6. The average molecular weight is 224 g/mol. The minimum Gasteiger partial charge on any atom is -0.480 e. The number of nitrogens with zero attached hydrogens (tertiary/aromatic N) is 1. The maximum Gasteiger partial charge on any atom is 0.321 e. The Morgan fingerprint density at radius 1 is 1.62 bits per heavy atom. The summed E-state index contributed by atoms with van der Waals surface area (Å²) in [6, 6.07) is 3.01. The number of rotatable bonds is 5. The standard InChI is InChI=1S/C10H16N4O2/c1-6-3-8(13-9(11)4-6)5-12-14-7(2)10(15)16/h3-4,7,12,14H,5H2,1-2H3,(H2,11,13)(H,15,16)/t7-/m0/s1. The molecule has 16 heavy (non-hydrogen) atoms. The van der Waals surface area contributed by atoms with Crippen LogP contribution in [0.3, 0.4) is 0 Å². The first-order chi connectivity index (χ1) is 7.49. The number of hydrogen-bond donors (Lipinski definition) is 4. The number of nitrogen functional groups attached to an aromatic ring is 1. The van der Waals surface area contributed by atoms with Crippen LogP contribution in [0, 0.1) is 6.92 Å². The van der Waals surface area contributed by atoms with Gasteiger partial charge in [-0.1, -0.05) is 0 Å². The van der Waals surface area contributed by atoms with Crippen LogP contribution in [0.4, 0.5) is 5.82 Å². The van der Waals surface area contributed by atoms with Crippen LogP contribution in [0.5, 0.6) is 0 Å². The first-order valence-corrected chi connectivity index (χ1v) is 4.93. The number of nitrogens with one attached hydrogen (secondary N) is 2. The van der Waals surface area contributed by atoms with Gasteiger partial charge in [-0.2, -0.15) is 0 Å².